The Bertz CT molecular complexity index is 523. The van der Waals surface area contributed by atoms with Crippen LogP contribution in [0.5, 0.6) is 0 Å². The van der Waals surface area contributed by atoms with E-state index in [0.717, 1.165) is 31.4 Å². The first-order chi connectivity index (χ1) is 9.88. The first-order valence-corrected chi connectivity index (χ1v) is 7.29. The van der Waals surface area contributed by atoms with Crippen molar-refractivity contribution >= 4 is 5.91 Å². The molecule has 0 spiro atoms. The maximum atomic E-state index is 13.3. The minimum atomic E-state index is -0.891. The zero-order valence-electron chi connectivity index (χ0n) is 12.5. The van der Waals surface area contributed by atoms with Crippen LogP contribution in [0.2, 0.25) is 0 Å². The molecule has 3 nitrogen and oxygen atoms in total. The summed E-state index contributed by atoms with van der Waals surface area (Å²) in [6, 6.07) is 3.44. The number of hydrogen-bond acceptors (Lipinski definition) is 2. The van der Waals surface area contributed by atoms with Crippen LogP contribution in [-0.2, 0) is 4.79 Å². The maximum Gasteiger partial charge on any atom is 0.223 e. The van der Waals surface area contributed by atoms with Crippen LogP contribution >= 0.6 is 0 Å². The molecule has 0 saturated heterocycles. The number of nitrogens with two attached hydrogens (primary N) is 1. The van der Waals surface area contributed by atoms with Crippen molar-refractivity contribution in [3.63, 3.8) is 0 Å². The van der Waals surface area contributed by atoms with E-state index in [9.17, 15) is 13.6 Å². The molecule has 2 N–H and O–H groups in total. The van der Waals surface area contributed by atoms with Gasteiger partial charge in [0.05, 0.1) is 6.04 Å². The van der Waals surface area contributed by atoms with E-state index in [2.05, 4.69) is 0 Å². The van der Waals surface area contributed by atoms with Crippen LogP contribution < -0.4 is 5.73 Å². The minimum absolute atomic E-state index is 0.00242. The zero-order valence-corrected chi connectivity index (χ0v) is 12.5. The summed E-state index contributed by atoms with van der Waals surface area (Å²) in [6.07, 6.45) is 3.52. The number of carbonyl (C=O) groups excluding carboxylic acids is 1. The Morgan fingerprint density at radius 1 is 1.38 bits per heavy atom. The average Bonchev–Trinajstić information content (AvgIpc) is 2.44. The van der Waals surface area contributed by atoms with Gasteiger partial charge in [-0.3, -0.25) is 4.79 Å². The van der Waals surface area contributed by atoms with E-state index in [1.54, 1.807) is 18.9 Å². The number of hydrogen-bond donors (Lipinski definition) is 1. The van der Waals surface area contributed by atoms with E-state index in [1.165, 1.54) is 6.07 Å². The Labute approximate surface area is 124 Å². The lowest BCUT2D eigenvalue weighted by molar-refractivity contribution is -0.135. The highest BCUT2D eigenvalue weighted by molar-refractivity contribution is 5.77. The Balaban J connectivity index is 2.05. The van der Waals surface area contributed by atoms with Crippen molar-refractivity contribution in [1.29, 1.82) is 0 Å². The SMILES string of the molecule is CC(c1ccc(F)c(F)c1)N(C)C(=O)CC1(CN)CCC1. The molecule has 116 valence electrons. The summed E-state index contributed by atoms with van der Waals surface area (Å²) >= 11 is 0. The quantitative estimate of drug-likeness (QED) is 0.908. The van der Waals surface area contributed by atoms with Gasteiger partial charge in [0.15, 0.2) is 11.6 Å². The summed E-state index contributed by atoms with van der Waals surface area (Å²) in [5.41, 5.74) is 6.31. The first-order valence-electron chi connectivity index (χ1n) is 7.29. The molecule has 0 heterocycles. The molecule has 0 aromatic heterocycles. The van der Waals surface area contributed by atoms with E-state index < -0.39 is 11.6 Å². The van der Waals surface area contributed by atoms with Gasteiger partial charge in [-0.05, 0) is 49.4 Å². The van der Waals surface area contributed by atoms with Crippen LogP contribution in [0.25, 0.3) is 0 Å². The van der Waals surface area contributed by atoms with Gasteiger partial charge in [0.2, 0.25) is 5.91 Å². The number of carbonyl (C=O) groups is 1. The standard InChI is InChI=1S/C16H22F2N2O/c1-11(12-4-5-13(17)14(18)8-12)20(2)15(21)9-16(10-19)6-3-7-16/h4-5,8,11H,3,6-7,9-10,19H2,1-2H3. The molecule has 0 radical (unpaired) electrons. The van der Waals surface area contributed by atoms with Gasteiger partial charge < -0.3 is 10.6 Å². The topological polar surface area (TPSA) is 46.3 Å². The van der Waals surface area contributed by atoms with E-state index >= 15 is 0 Å². The molecule has 21 heavy (non-hydrogen) atoms. The largest absolute Gasteiger partial charge is 0.339 e. The van der Waals surface area contributed by atoms with Crippen LogP contribution in [0.4, 0.5) is 8.78 Å². The van der Waals surface area contributed by atoms with E-state index in [1.807, 2.05) is 0 Å². The summed E-state index contributed by atoms with van der Waals surface area (Å²) in [5.74, 6) is -1.77. The van der Waals surface area contributed by atoms with Gasteiger partial charge in [-0.15, -0.1) is 0 Å². The molecule has 1 aromatic carbocycles. The lowest BCUT2D eigenvalue weighted by atomic mass is 9.66. The van der Waals surface area contributed by atoms with Gasteiger partial charge in [-0.25, -0.2) is 8.78 Å². The van der Waals surface area contributed by atoms with Crippen molar-refractivity contribution in [1.82, 2.24) is 4.90 Å². The number of benzene rings is 1. The van der Waals surface area contributed by atoms with Crippen LogP contribution in [0.1, 0.15) is 44.2 Å². The Morgan fingerprint density at radius 2 is 2.05 bits per heavy atom. The Morgan fingerprint density at radius 3 is 2.52 bits per heavy atom. The number of rotatable bonds is 5. The number of halogens is 2. The fourth-order valence-electron chi connectivity index (χ4n) is 2.79. The summed E-state index contributed by atoms with van der Waals surface area (Å²) < 4.78 is 26.3. The molecule has 1 amide bonds. The molecule has 1 fully saturated rings. The smallest absolute Gasteiger partial charge is 0.223 e. The van der Waals surface area contributed by atoms with Gasteiger partial charge in [0.25, 0.3) is 0 Å². The van der Waals surface area contributed by atoms with Crippen molar-refractivity contribution in [2.75, 3.05) is 13.6 Å². The van der Waals surface area contributed by atoms with Crippen LogP contribution in [-0.4, -0.2) is 24.4 Å². The third-order valence-electron chi connectivity index (χ3n) is 4.77. The molecule has 1 saturated carbocycles. The van der Waals surface area contributed by atoms with E-state index in [-0.39, 0.29) is 17.4 Å². The monoisotopic (exact) mass is 296 g/mol. The van der Waals surface area contributed by atoms with Crippen molar-refractivity contribution in [3.05, 3.63) is 35.4 Å². The van der Waals surface area contributed by atoms with Gasteiger partial charge in [0.1, 0.15) is 0 Å². The second-order valence-electron chi connectivity index (χ2n) is 6.09. The summed E-state index contributed by atoms with van der Waals surface area (Å²) in [5, 5.41) is 0. The van der Waals surface area contributed by atoms with Gasteiger partial charge in [-0.2, -0.15) is 0 Å². The highest BCUT2D eigenvalue weighted by Gasteiger charge is 2.38. The molecule has 1 unspecified atom stereocenters. The molecule has 1 aliphatic rings. The summed E-state index contributed by atoms with van der Waals surface area (Å²) in [6.45, 7) is 2.33. The summed E-state index contributed by atoms with van der Waals surface area (Å²) in [7, 11) is 1.69. The Hall–Kier alpha value is -1.49. The molecule has 0 bridgehead atoms. The molecule has 1 aromatic rings. The molecule has 2 rings (SSSR count). The van der Waals surface area contributed by atoms with Crippen molar-refractivity contribution in [2.45, 2.75) is 38.6 Å². The lowest BCUT2D eigenvalue weighted by Crippen LogP contribution is -2.42. The van der Waals surface area contributed by atoms with E-state index in [0.29, 0.717) is 18.5 Å². The van der Waals surface area contributed by atoms with Gasteiger partial charge in [-0.1, -0.05) is 12.5 Å². The molecular weight excluding hydrogens is 274 g/mol. The van der Waals surface area contributed by atoms with E-state index in [4.69, 9.17) is 5.73 Å². The van der Waals surface area contributed by atoms with Gasteiger partial charge in [0, 0.05) is 13.5 Å². The predicted octanol–water partition coefficient (Wildman–Crippen LogP) is 3.00. The van der Waals surface area contributed by atoms with Crippen molar-refractivity contribution in [2.24, 2.45) is 11.1 Å². The maximum absolute atomic E-state index is 13.3. The third kappa shape index (κ3) is 3.23. The average molecular weight is 296 g/mol. The minimum Gasteiger partial charge on any atom is -0.339 e. The molecule has 0 aliphatic heterocycles. The molecular formula is C16H22F2N2O. The predicted molar refractivity (Wildman–Crippen MR) is 77.5 cm³/mol. The normalized spacial score (nSPS) is 18.0. The molecule has 5 heteroatoms. The second kappa shape index (κ2) is 6.10. The number of nitrogens with zero attached hydrogens (tertiary/aromatic N) is 1. The van der Waals surface area contributed by atoms with Crippen molar-refractivity contribution in [3.8, 4) is 0 Å². The first kappa shape index (κ1) is 15.9. The highest BCUT2D eigenvalue weighted by atomic mass is 19.2. The fourth-order valence-corrected chi connectivity index (χ4v) is 2.79. The second-order valence-corrected chi connectivity index (χ2v) is 6.09. The third-order valence-corrected chi connectivity index (χ3v) is 4.77. The fraction of sp³-hybridized carbons (Fsp3) is 0.562. The molecule has 1 atom stereocenters. The number of amides is 1. The zero-order chi connectivity index (χ0) is 15.6. The van der Waals surface area contributed by atoms with Crippen LogP contribution in [0.15, 0.2) is 18.2 Å². The Kier molecular flexibility index (Phi) is 4.61. The van der Waals surface area contributed by atoms with Crippen molar-refractivity contribution < 1.29 is 13.6 Å². The summed E-state index contributed by atoms with van der Waals surface area (Å²) in [4.78, 5) is 14.0. The lowest BCUT2D eigenvalue weighted by Gasteiger charge is -2.41. The van der Waals surface area contributed by atoms with Crippen LogP contribution in [0, 0.1) is 17.0 Å². The van der Waals surface area contributed by atoms with Gasteiger partial charge >= 0.3 is 0 Å². The molecule has 1 aliphatic carbocycles. The van der Waals surface area contributed by atoms with Crippen LogP contribution in [0.3, 0.4) is 0 Å². The highest BCUT2D eigenvalue weighted by Crippen LogP contribution is 2.43.